The van der Waals surface area contributed by atoms with Crippen LogP contribution in [0.15, 0.2) is 48.5 Å². The van der Waals surface area contributed by atoms with Crippen molar-refractivity contribution in [2.45, 2.75) is 13.5 Å². The fourth-order valence-corrected chi connectivity index (χ4v) is 1.63. The highest BCUT2D eigenvalue weighted by molar-refractivity contribution is 5.43. The minimum Gasteiger partial charge on any atom is -0.457 e. The summed E-state index contributed by atoms with van der Waals surface area (Å²) in [5.74, 6) is 1.71. The highest BCUT2D eigenvalue weighted by Crippen LogP contribution is 2.28. The van der Waals surface area contributed by atoms with E-state index in [0.29, 0.717) is 6.54 Å². The average molecular weight is 213 g/mol. The molecular formula is C14H15NO. The molecule has 2 N–H and O–H groups in total. The molecule has 0 amide bonds. The SMILES string of the molecule is Cc1cccc(CN)c1Oc1ccccc1. The molecule has 2 aromatic rings. The van der Waals surface area contributed by atoms with E-state index in [-0.39, 0.29) is 0 Å². The molecule has 0 unspecified atom stereocenters. The third-order valence-corrected chi connectivity index (χ3v) is 2.48. The normalized spacial score (nSPS) is 10.1. The Labute approximate surface area is 95.7 Å². The summed E-state index contributed by atoms with van der Waals surface area (Å²) in [6, 6.07) is 15.8. The van der Waals surface area contributed by atoms with Crippen LogP contribution in [0.3, 0.4) is 0 Å². The lowest BCUT2D eigenvalue weighted by Gasteiger charge is -2.12. The molecule has 0 saturated heterocycles. The fraction of sp³-hybridized carbons (Fsp3) is 0.143. The third-order valence-electron chi connectivity index (χ3n) is 2.48. The van der Waals surface area contributed by atoms with Crippen LogP contribution in [0.2, 0.25) is 0 Å². The molecule has 2 nitrogen and oxygen atoms in total. The maximum atomic E-state index is 5.85. The average Bonchev–Trinajstić information content (AvgIpc) is 2.33. The predicted octanol–water partition coefficient (Wildman–Crippen LogP) is 3.25. The van der Waals surface area contributed by atoms with Crippen molar-refractivity contribution in [1.82, 2.24) is 0 Å². The van der Waals surface area contributed by atoms with Gasteiger partial charge in [-0.2, -0.15) is 0 Å². The first-order chi connectivity index (χ1) is 7.81. The van der Waals surface area contributed by atoms with E-state index in [1.807, 2.05) is 55.5 Å². The van der Waals surface area contributed by atoms with Crippen molar-refractivity contribution in [2.24, 2.45) is 5.73 Å². The number of benzene rings is 2. The van der Waals surface area contributed by atoms with Crippen LogP contribution in [0.25, 0.3) is 0 Å². The van der Waals surface area contributed by atoms with Crippen LogP contribution in [0.5, 0.6) is 11.5 Å². The minimum atomic E-state index is 0.490. The Balaban J connectivity index is 2.34. The van der Waals surface area contributed by atoms with Gasteiger partial charge < -0.3 is 10.5 Å². The molecule has 2 heteroatoms. The standard InChI is InChI=1S/C14H15NO/c1-11-6-5-7-12(10-15)14(11)16-13-8-3-2-4-9-13/h2-9H,10,15H2,1H3. The van der Waals surface area contributed by atoms with E-state index in [0.717, 1.165) is 22.6 Å². The lowest BCUT2D eigenvalue weighted by molar-refractivity contribution is 0.472. The zero-order chi connectivity index (χ0) is 11.4. The maximum absolute atomic E-state index is 5.85. The Bertz CT molecular complexity index is 465. The van der Waals surface area contributed by atoms with E-state index in [4.69, 9.17) is 10.5 Å². The number of aryl methyl sites for hydroxylation is 1. The topological polar surface area (TPSA) is 35.2 Å². The van der Waals surface area contributed by atoms with E-state index in [9.17, 15) is 0 Å². The Morgan fingerprint density at radius 2 is 1.75 bits per heavy atom. The minimum absolute atomic E-state index is 0.490. The Morgan fingerprint density at radius 3 is 2.44 bits per heavy atom. The number of ether oxygens (including phenoxy) is 1. The second-order valence-electron chi connectivity index (χ2n) is 3.68. The smallest absolute Gasteiger partial charge is 0.134 e. The number of rotatable bonds is 3. The summed E-state index contributed by atoms with van der Waals surface area (Å²) >= 11 is 0. The van der Waals surface area contributed by atoms with E-state index >= 15 is 0 Å². The molecule has 0 aliphatic rings. The van der Waals surface area contributed by atoms with Gasteiger partial charge >= 0.3 is 0 Å². The number of nitrogens with two attached hydrogens (primary N) is 1. The molecule has 0 spiro atoms. The van der Waals surface area contributed by atoms with Gasteiger partial charge in [0, 0.05) is 12.1 Å². The van der Waals surface area contributed by atoms with E-state index in [1.54, 1.807) is 0 Å². The van der Waals surface area contributed by atoms with E-state index in [2.05, 4.69) is 0 Å². The summed E-state index contributed by atoms with van der Waals surface area (Å²) in [6.07, 6.45) is 0. The molecule has 0 heterocycles. The van der Waals surface area contributed by atoms with Gasteiger partial charge in [-0.25, -0.2) is 0 Å². The lowest BCUT2D eigenvalue weighted by Crippen LogP contribution is -2.00. The Hall–Kier alpha value is -1.80. The zero-order valence-corrected chi connectivity index (χ0v) is 9.31. The summed E-state index contributed by atoms with van der Waals surface area (Å²) in [7, 11) is 0. The molecule has 2 rings (SSSR count). The first kappa shape index (κ1) is 10.7. The van der Waals surface area contributed by atoms with Crippen molar-refractivity contribution in [2.75, 3.05) is 0 Å². The van der Waals surface area contributed by atoms with Crippen molar-refractivity contribution < 1.29 is 4.74 Å². The molecule has 0 aliphatic heterocycles. The molecule has 2 aromatic carbocycles. The molecule has 0 atom stereocenters. The van der Waals surface area contributed by atoms with Gasteiger partial charge in [-0.3, -0.25) is 0 Å². The number of hydrogen-bond donors (Lipinski definition) is 1. The third kappa shape index (κ3) is 2.23. The summed E-state index contributed by atoms with van der Waals surface area (Å²) in [5.41, 5.74) is 7.83. The molecule has 0 aliphatic carbocycles. The van der Waals surface area contributed by atoms with Gasteiger partial charge in [-0.1, -0.05) is 36.4 Å². The molecule has 16 heavy (non-hydrogen) atoms. The van der Waals surface area contributed by atoms with Crippen LogP contribution in [-0.2, 0) is 6.54 Å². The maximum Gasteiger partial charge on any atom is 0.134 e. The van der Waals surface area contributed by atoms with Gasteiger partial charge in [0.1, 0.15) is 11.5 Å². The van der Waals surface area contributed by atoms with Gasteiger partial charge in [0.15, 0.2) is 0 Å². The summed E-state index contributed by atoms with van der Waals surface area (Å²) in [4.78, 5) is 0. The lowest BCUT2D eigenvalue weighted by atomic mass is 10.1. The van der Waals surface area contributed by atoms with E-state index in [1.165, 1.54) is 0 Å². The first-order valence-corrected chi connectivity index (χ1v) is 5.32. The van der Waals surface area contributed by atoms with E-state index < -0.39 is 0 Å². The highest BCUT2D eigenvalue weighted by atomic mass is 16.5. The molecular weight excluding hydrogens is 198 g/mol. The predicted molar refractivity (Wildman–Crippen MR) is 65.6 cm³/mol. The van der Waals surface area contributed by atoms with Gasteiger partial charge in [-0.15, -0.1) is 0 Å². The van der Waals surface area contributed by atoms with Crippen LogP contribution in [-0.4, -0.2) is 0 Å². The fourth-order valence-electron chi connectivity index (χ4n) is 1.63. The highest BCUT2D eigenvalue weighted by Gasteiger charge is 2.06. The largest absolute Gasteiger partial charge is 0.457 e. The van der Waals surface area contributed by atoms with Gasteiger partial charge in [-0.05, 0) is 24.6 Å². The monoisotopic (exact) mass is 213 g/mol. The van der Waals surface area contributed by atoms with Crippen molar-refractivity contribution in [1.29, 1.82) is 0 Å². The van der Waals surface area contributed by atoms with Gasteiger partial charge in [0.25, 0.3) is 0 Å². The number of hydrogen-bond acceptors (Lipinski definition) is 2. The summed E-state index contributed by atoms with van der Waals surface area (Å²) in [6.45, 7) is 2.52. The number of para-hydroxylation sites is 2. The van der Waals surface area contributed by atoms with Gasteiger partial charge in [0.05, 0.1) is 0 Å². The van der Waals surface area contributed by atoms with Crippen LogP contribution < -0.4 is 10.5 Å². The molecule has 0 radical (unpaired) electrons. The van der Waals surface area contributed by atoms with Crippen molar-refractivity contribution in [3.8, 4) is 11.5 Å². The second kappa shape index (κ2) is 4.81. The zero-order valence-electron chi connectivity index (χ0n) is 9.31. The molecule has 0 bridgehead atoms. The van der Waals surface area contributed by atoms with Crippen molar-refractivity contribution >= 4 is 0 Å². The van der Waals surface area contributed by atoms with Crippen molar-refractivity contribution in [3.05, 3.63) is 59.7 Å². The molecule has 0 saturated carbocycles. The Kier molecular flexibility index (Phi) is 3.22. The van der Waals surface area contributed by atoms with Crippen LogP contribution in [0, 0.1) is 6.92 Å². The molecule has 82 valence electrons. The molecule has 0 aromatic heterocycles. The van der Waals surface area contributed by atoms with Gasteiger partial charge in [0.2, 0.25) is 0 Å². The molecule has 0 fully saturated rings. The quantitative estimate of drug-likeness (QED) is 0.849. The summed E-state index contributed by atoms with van der Waals surface area (Å²) in [5, 5.41) is 0. The second-order valence-corrected chi connectivity index (χ2v) is 3.68. The van der Waals surface area contributed by atoms with Crippen molar-refractivity contribution in [3.63, 3.8) is 0 Å². The first-order valence-electron chi connectivity index (χ1n) is 5.32. The van der Waals surface area contributed by atoms with Crippen LogP contribution >= 0.6 is 0 Å². The Morgan fingerprint density at radius 1 is 1.00 bits per heavy atom. The van der Waals surface area contributed by atoms with Crippen LogP contribution in [0.1, 0.15) is 11.1 Å². The summed E-state index contributed by atoms with van der Waals surface area (Å²) < 4.78 is 5.85. The van der Waals surface area contributed by atoms with Crippen LogP contribution in [0.4, 0.5) is 0 Å².